The molecule has 112 valence electrons. The van der Waals surface area contributed by atoms with Gasteiger partial charge in [0.1, 0.15) is 9.71 Å². The minimum Gasteiger partial charge on any atom is -0.397 e. The van der Waals surface area contributed by atoms with E-state index in [-0.39, 0.29) is 5.91 Å². The topological polar surface area (TPSA) is 72.1 Å². The fourth-order valence-electron chi connectivity index (χ4n) is 2.95. The standard InChI is InChI=1S/C15H20N4OS/c1-2-10-4-3-8-19(9-6-10)15(20)13-12(16)11-5-7-17-18-14(11)21-13/h5,7,10H,2-4,6,8-9,16H2,1H3. The number of carbonyl (C=O) groups is 1. The minimum atomic E-state index is 0.0484. The summed E-state index contributed by atoms with van der Waals surface area (Å²) in [6.45, 7) is 3.89. The Morgan fingerprint density at radius 3 is 3.10 bits per heavy atom. The van der Waals surface area contributed by atoms with E-state index >= 15 is 0 Å². The van der Waals surface area contributed by atoms with E-state index in [4.69, 9.17) is 5.73 Å². The summed E-state index contributed by atoms with van der Waals surface area (Å²) in [5, 5.41) is 8.74. The Morgan fingerprint density at radius 2 is 2.33 bits per heavy atom. The van der Waals surface area contributed by atoms with Crippen LogP contribution in [0.4, 0.5) is 5.69 Å². The molecule has 1 atom stereocenters. The van der Waals surface area contributed by atoms with Gasteiger partial charge in [-0.3, -0.25) is 4.79 Å². The third kappa shape index (κ3) is 2.72. The number of aromatic nitrogens is 2. The number of nitrogens with two attached hydrogens (primary N) is 1. The van der Waals surface area contributed by atoms with Crippen molar-refractivity contribution in [3.63, 3.8) is 0 Å². The van der Waals surface area contributed by atoms with Gasteiger partial charge in [-0.05, 0) is 31.2 Å². The Labute approximate surface area is 128 Å². The van der Waals surface area contributed by atoms with Crippen LogP contribution < -0.4 is 5.73 Å². The van der Waals surface area contributed by atoms with Gasteiger partial charge in [0.05, 0.1) is 11.9 Å². The second-order valence-corrected chi connectivity index (χ2v) is 6.59. The van der Waals surface area contributed by atoms with E-state index in [1.807, 2.05) is 11.0 Å². The highest BCUT2D eigenvalue weighted by Crippen LogP contribution is 2.33. The second-order valence-electron chi connectivity index (χ2n) is 5.59. The highest BCUT2D eigenvalue weighted by Gasteiger charge is 2.25. The smallest absolute Gasteiger partial charge is 0.266 e. The van der Waals surface area contributed by atoms with Gasteiger partial charge in [0.15, 0.2) is 0 Å². The molecular weight excluding hydrogens is 284 g/mol. The van der Waals surface area contributed by atoms with Gasteiger partial charge in [-0.2, -0.15) is 5.10 Å². The van der Waals surface area contributed by atoms with Crippen molar-refractivity contribution in [2.75, 3.05) is 18.8 Å². The third-order valence-corrected chi connectivity index (χ3v) is 5.42. The average molecular weight is 304 g/mol. The fraction of sp³-hybridized carbons (Fsp3) is 0.533. The number of hydrogen-bond donors (Lipinski definition) is 1. The van der Waals surface area contributed by atoms with E-state index in [9.17, 15) is 4.79 Å². The number of carbonyl (C=O) groups excluding carboxylic acids is 1. The SMILES string of the molecule is CCC1CCCN(C(=O)c2sc3nnccc3c2N)CC1. The first-order chi connectivity index (χ1) is 10.2. The summed E-state index contributed by atoms with van der Waals surface area (Å²) in [5.74, 6) is 0.792. The van der Waals surface area contributed by atoms with Crippen LogP contribution in [0.15, 0.2) is 12.3 Å². The van der Waals surface area contributed by atoms with Crippen molar-refractivity contribution in [1.29, 1.82) is 0 Å². The van der Waals surface area contributed by atoms with Crippen molar-refractivity contribution in [3.8, 4) is 0 Å². The molecule has 0 bridgehead atoms. The van der Waals surface area contributed by atoms with Gasteiger partial charge in [-0.25, -0.2) is 0 Å². The molecular formula is C15H20N4OS. The summed E-state index contributed by atoms with van der Waals surface area (Å²) in [7, 11) is 0. The van der Waals surface area contributed by atoms with Gasteiger partial charge < -0.3 is 10.6 Å². The Kier molecular flexibility index (Phi) is 4.05. The van der Waals surface area contributed by atoms with Crippen LogP contribution in [0.2, 0.25) is 0 Å². The first kappa shape index (κ1) is 14.3. The van der Waals surface area contributed by atoms with E-state index in [2.05, 4.69) is 17.1 Å². The summed E-state index contributed by atoms with van der Waals surface area (Å²) in [6.07, 6.45) is 6.19. The van der Waals surface area contributed by atoms with Crippen LogP contribution in [0.5, 0.6) is 0 Å². The lowest BCUT2D eigenvalue weighted by Crippen LogP contribution is -2.31. The van der Waals surface area contributed by atoms with Gasteiger partial charge in [-0.15, -0.1) is 16.4 Å². The summed E-state index contributed by atoms with van der Waals surface area (Å²) >= 11 is 1.35. The Bertz CT molecular complexity index is 654. The summed E-state index contributed by atoms with van der Waals surface area (Å²) in [5.41, 5.74) is 6.68. The van der Waals surface area contributed by atoms with Crippen LogP contribution in [0.1, 0.15) is 42.3 Å². The Morgan fingerprint density at radius 1 is 1.48 bits per heavy atom. The molecule has 1 aliphatic heterocycles. The van der Waals surface area contributed by atoms with Crippen LogP contribution in [-0.2, 0) is 0 Å². The Hall–Kier alpha value is -1.69. The van der Waals surface area contributed by atoms with Crippen molar-refractivity contribution in [2.45, 2.75) is 32.6 Å². The molecule has 1 unspecified atom stereocenters. The molecule has 3 rings (SSSR count). The summed E-state index contributed by atoms with van der Waals surface area (Å²) in [6, 6.07) is 1.82. The van der Waals surface area contributed by atoms with Gasteiger partial charge in [0.25, 0.3) is 5.91 Å². The summed E-state index contributed by atoms with van der Waals surface area (Å²) in [4.78, 5) is 16.0. The normalized spacial score (nSPS) is 19.7. The maximum Gasteiger partial charge on any atom is 0.266 e. The van der Waals surface area contributed by atoms with Crippen molar-refractivity contribution in [3.05, 3.63) is 17.1 Å². The monoisotopic (exact) mass is 304 g/mol. The maximum atomic E-state index is 12.7. The predicted octanol–water partition coefficient (Wildman–Crippen LogP) is 2.93. The molecule has 2 aromatic heterocycles. The highest BCUT2D eigenvalue weighted by molar-refractivity contribution is 7.21. The average Bonchev–Trinajstić information content (AvgIpc) is 2.71. The number of likely N-dealkylation sites (tertiary alicyclic amines) is 1. The molecule has 1 saturated heterocycles. The molecule has 21 heavy (non-hydrogen) atoms. The number of nitrogen functional groups attached to an aromatic ring is 1. The second kappa shape index (κ2) is 5.97. The fourth-order valence-corrected chi connectivity index (χ4v) is 3.96. The molecule has 1 amide bonds. The van der Waals surface area contributed by atoms with Crippen LogP contribution in [0.3, 0.4) is 0 Å². The lowest BCUT2D eigenvalue weighted by Gasteiger charge is -2.20. The van der Waals surface area contributed by atoms with Crippen molar-refractivity contribution in [2.24, 2.45) is 5.92 Å². The quantitative estimate of drug-likeness (QED) is 0.926. The lowest BCUT2D eigenvalue weighted by molar-refractivity contribution is 0.0766. The number of rotatable bonds is 2. The number of thiophene rings is 1. The number of amides is 1. The van der Waals surface area contributed by atoms with Crippen molar-refractivity contribution in [1.82, 2.24) is 15.1 Å². The van der Waals surface area contributed by atoms with Crippen LogP contribution in [0.25, 0.3) is 10.2 Å². The zero-order valence-electron chi connectivity index (χ0n) is 12.2. The zero-order valence-corrected chi connectivity index (χ0v) is 13.0. The van der Waals surface area contributed by atoms with E-state index in [1.165, 1.54) is 24.2 Å². The number of nitrogens with zero attached hydrogens (tertiary/aromatic N) is 3. The number of hydrogen-bond acceptors (Lipinski definition) is 5. The molecule has 0 spiro atoms. The molecule has 0 saturated carbocycles. The summed E-state index contributed by atoms with van der Waals surface area (Å²) < 4.78 is 0. The lowest BCUT2D eigenvalue weighted by atomic mass is 9.98. The molecule has 2 N–H and O–H groups in total. The molecule has 0 aliphatic carbocycles. The third-order valence-electron chi connectivity index (χ3n) is 4.33. The van der Waals surface area contributed by atoms with Crippen LogP contribution in [0, 0.1) is 5.92 Å². The van der Waals surface area contributed by atoms with Gasteiger partial charge in [0.2, 0.25) is 0 Å². The van der Waals surface area contributed by atoms with E-state index in [0.717, 1.165) is 42.1 Å². The van der Waals surface area contributed by atoms with Crippen molar-refractivity contribution < 1.29 is 4.79 Å². The van der Waals surface area contributed by atoms with E-state index in [0.29, 0.717) is 10.6 Å². The molecule has 1 fully saturated rings. The predicted molar refractivity (Wildman–Crippen MR) is 85.4 cm³/mol. The van der Waals surface area contributed by atoms with Crippen molar-refractivity contribution >= 4 is 33.1 Å². The highest BCUT2D eigenvalue weighted by atomic mass is 32.1. The maximum absolute atomic E-state index is 12.7. The first-order valence-corrected chi connectivity index (χ1v) is 8.31. The molecule has 0 radical (unpaired) electrons. The van der Waals surface area contributed by atoms with E-state index in [1.54, 1.807) is 6.20 Å². The first-order valence-electron chi connectivity index (χ1n) is 7.49. The van der Waals surface area contributed by atoms with Crippen LogP contribution in [-0.4, -0.2) is 34.1 Å². The molecule has 3 heterocycles. The zero-order chi connectivity index (χ0) is 14.8. The molecule has 5 nitrogen and oxygen atoms in total. The van der Waals surface area contributed by atoms with Gasteiger partial charge in [0, 0.05) is 18.5 Å². The molecule has 2 aromatic rings. The number of fused-ring (bicyclic) bond motifs is 1. The van der Waals surface area contributed by atoms with E-state index < -0.39 is 0 Å². The van der Waals surface area contributed by atoms with Gasteiger partial charge >= 0.3 is 0 Å². The van der Waals surface area contributed by atoms with Gasteiger partial charge in [-0.1, -0.05) is 13.3 Å². The molecule has 0 aromatic carbocycles. The molecule has 6 heteroatoms. The van der Waals surface area contributed by atoms with Crippen LogP contribution >= 0.6 is 11.3 Å². The number of anilines is 1. The molecule has 1 aliphatic rings. The largest absolute Gasteiger partial charge is 0.397 e. The Balaban J connectivity index is 1.85. The minimum absolute atomic E-state index is 0.0484.